The molecule has 4 fully saturated rings. The van der Waals surface area contributed by atoms with E-state index < -0.39 is 5.67 Å². The lowest BCUT2D eigenvalue weighted by Gasteiger charge is -2.56. The summed E-state index contributed by atoms with van der Waals surface area (Å²) in [6.07, 6.45) is 9.71. The maximum absolute atomic E-state index is 14.5. The van der Waals surface area contributed by atoms with E-state index in [1.165, 1.54) is 18.2 Å². The number of halogens is 1. The number of rotatable bonds is 8. The molecule has 0 amide bonds. The molecule has 0 radical (unpaired) electrons. The number of hydrogen-bond acceptors (Lipinski definition) is 10. The van der Waals surface area contributed by atoms with E-state index in [-0.39, 0.29) is 19.7 Å². The van der Waals surface area contributed by atoms with E-state index in [2.05, 4.69) is 37.3 Å². The monoisotopic (exact) mass is 541 g/mol. The summed E-state index contributed by atoms with van der Waals surface area (Å²) in [5.41, 5.74) is 2.07. The number of piperazine rings is 1. The van der Waals surface area contributed by atoms with Crippen molar-refractivity contribution < 1.29 is 13.9 Å². The number of aromatic nitrogens is 5. The third-order valence-electron chi connectivity index (χ3n) is 8.04. The second kappa shape index (κ2) is 9.69. The molecule has 2 atom stereocenters. The molecule has 11 nitrogen and oxygen atoms in total. The Morgan fingerprint density at radius 1 is 1.12 bits per heavy atom. The number of ether oxygens (including phenoxy) is 2. The minimum atomic E-state index is -1.38. The molecule has 4 aromatic heterocycles. The van der Waals surface area contributed by atoms with Crippen LogP contribution in [-0.2, 0) is 6.54 Å². The molecule has 0 spiro atoms. The van der Waals surface area contributed by atoms with Gasteiger partial charge in [-0.15, -0.1) is 0 Å². The average molecular weight is 542 g/mol. The zero-order valence-electron chi connectivity index (χ0n) is 22.0. The van der Waals surface area contributed by atoms with Gasteiger partial charge < -0.3 is 19.7 Å². The highest BCUT2D eigenvalue weighted by Crippen LogP contribution is 2.36. The Morgan fingerprint density at radius 3 is 2.62 bits per heavy atom. The van der Waals surface area contributed by atoms with E-state index in [0.29, 0.717) is 46.1 Å². The van der Waals surface area contributed by atoms with Crippen LogP contribution in [0.25, 0.3) is 16.8 Å². The molecule has 40 heavy (non-hydrogen) atoms. The summed E-state index contributed by atoms with van der Waals surface area (Å²) < 4.78 is 27.1. The Morgan fingerprint density at radius 2 is 1.98 bits per heavy atom. The summed E-state index contributed by atoms with van der Waals surface area (Å²) >= 11 is 0. The molecule has 4 aliphatic heterocycles. The second-order valence-corrected chi connectivity index (χ2v) is 10.7. The summed E-state index contributed by atoms with van der Waals surface area (Å²) in [6.45, 7) is 3.09. The van der Waals surface area contributed by atoms with Crippen molar-refractivity contribution in [3.05, 3.63) is 60.3 Å². The fourth-order valence-corrected chi connectivity index (χ4v) is 5.76. The average Bonchev–Trinajstić information content (AvgIpc) is 3.41. The van der Waals surface area contributed by atoms with Gasteiger partial charge in [0, 0.05) is 62.6 Å². The predicted octanol–water partition coefficient (Wildman–Crippen LogP) is 2.22. The van der Waals surface area contributed by atoms with Gasteiger partial charge >= 0.3 is 0 Å². The van der Waals surface area contributed by atoms with Gasteiger partial charge in [-0.05, 0) is 18.1 Å². The maximum Gasteiger partial charge on any atom is 0.212 e. The van der Waals surface area contributed by atoms with Crippen LogP contribution in [0.4, 0.5) is 10.2 Å². The first-order chi connectivity index (χ1) is 19.5. The highest BCUT2D eigenvalue weighted by molar-refractivity contribution is 5.83. The van der Waals surface area contributed by atoms with E-state index in [1.807, 2.05) is 12.3 Å². The molecule has 8 heterocycles. The molecule has 4 aromatic rings. The molecule has 0 aliphatic carbocycles. The Labute approximate surface area is 230 Å². The number of hydrogen-bond donors (Lipinski definition) is 1. The summed E-state index contributed by atoms with van der Waals surface area (Å²) in [7, 11) is 1.62. The molecule has 8 rings (SSSR count). The van der Waals surface area contributed by atoms with Crippen molar-refractivity contribution in [2.75, 3.05) is 44.8 Å². The third-order valence-corrected chi connectivity index (χ3v) is 8.04. The predicted molar refractivity (Wildman–Crippen MR) is 144 cm³/mol. The molecule has 4 saturated heterocycles. The summed E-state index contributed by atoms with van der Waals surface area (Å²) in [6, 6.07) is 8.83. The minimum Gasteiger partial charge on any atom is -0.489 e. The lowest BCUT2D eigenvalue weighted by molar-refractivity contribution is -0.00879. The van der Waals surface area contributed by atoms with Gasteiger partial charge in [0.05, 0.1) is 48.7 Å². The molecule has 4 aliphatic rings. The van der Waals surface area contributed by atoms with Gasteiger partial charge in [0.1, 0.15) is 24.2 Å². The highest BCUT2D eigenvalue weighted by atomic mass is 19.1. The number of fused-ring (bicyclic) bond motifs is 3. The van der Waals surface area contributed by atoms with E-state index >= 15 is 0 Å². The number of alkyl halides is 1. The number of piperidine rings is 1. The number of nitrogens with zero attached hydrogens (tertiary/aromatic N) is 8. The zero-order valence-corrected chi connectivity index (χ0v) is 22.0. The van der Waals surface area contributed by atoms with Crippen LogP contribution in [0.2, 0.25) is 0 Å². The van der Waals surface area contributed by atoms with E-state index in [9.17, 15) is 9.65 Å². The molecule has 0 saturated carbocycles. The van der Waals surface area contributed by atoms with Crippen molar-refractivity contribution in [3.8, 4) is 29.0 Å². The molecule has 2 bridgehead atoms. The summed E-state index contributed by atoms with van der Waals surface area (Å²) in [5, 5.41) is 16.9. The van der Waals surface area contributed by atoms with Crippen molar-refractivity contribution in [2.45, 2.75) is 30.7 Å². The van der Waals surface area contributed by atoms with Crippen LogP contribution in [0, 0.1) is 11.3 Å². The van der Waals surface area contributed by atoms with Crippen LogP contribution in [0.15, 0.2) is 49.2 Å². The molecule has 0 aromatic carbocycles. The van der Waals surface area contributed by atoms with E-state index in [0.717, 1.165) is 25.5 Å². The Hall–Kier alpha value is -4.34. The van der Waals surface area contributed by atoms with Gasteiger partial charge in [0.2, 0.25) is 5.88 Å². The fourth-order valence-electron chi connectivity index (χ4n) is 5.76. The van der Waals surface area contributed by atoms with Crippen LogP contribution < -0.4 is 19.7 Å². The Kier molecular flexibility index (Phi) is 5.98. The zero-order chi connectivity index (χ0) is 27.3. The third kappa shape index (κ3) is 4.37. The second-order valence-electron chi connectivity index (χ2n) is 10.7. The van der Waals surface area contributed by atoms with Crippen molar-refractivity contribution in [2.24, 2.45) is 0 Å². The Balaban J connectivity index is 1.08. The molecule has 12 heteroatoms. The number of nitrogens with one attached hydrogen (secondary N) is 1. The summed E-state index contributed by atoms with van der Waals surface area (Å²) in [5.74, 6) is 1.89. The van der Waals surface area contributed by atoms with Gasteiger partial charge in [-0.25, -0.2) is 18.9 Å². The lowest BCUT2D eigenvalue weighted by Crippen LogP contribution is -2.68. The number of anilines is 1. The number of nitriles is 1. The van der Waals surface area contributed by atoms with Crippen LogP contribution in [0.3, 0.4) is 0 Å². The molecule has 204 valence electrons. The van der Waals surface area contributed by atoms with Crippen LogP contribution >= 0.6 is 0 Å². The van der Waals surface area contributed by atoms with Crippen molar-refractivity contribution in [1.82, 2.24) is 34.8 Å². The van der Waals surface area contributed by atoms with Gasteiger partial charge in [-0.3, -0.25) is 9.88 Å². The molecular formula is C28H28FN9O2. The standard InChI is InChI=1S/C28H28FN9O2/c1-39-26-3-2-18(7-34-26)11-37-20-4-21(37)13-36(12-20)25-10-32-24(9-33-25)23-5-22(40-17-28(29)15-31-16-28)14-38-27(23)19(6-30)8-35-38/h2-3,5,7-10,14,20-21,31H,4,11-13,15-17H2,1H3. The number of methoxy groups -OCH3 is 1. The lowest BCUT2D eigenvalue weighted by atomic mass is 9.87. The first-order valence-corrected chi connectivity index (χ1v) is 13.3. The van der Waals surface area contributed by atoms with Crippen molar-refractivity contribution >= 4 is 11.3 Å². The van der Waals surface area contributed by atoms with Gasteiger partial charge in [0.25, 0.3) is 0 Å². The largest absolute Gasteiger partial charge is 0.489 e. The maximum atomic E-state index is 14.5. The SMILES string of the molecule is COc1ccc(CN2C3CC2CN(c2cnc(-c4cc(OCC5(F)CNC5)cn5ncc(C#N)c45)cn2)C3)cn1. The van der Waals surface area contributed by atoms with E-state index in [1.54, 1.807) is 36.3 Å². The van der Waals surface area contributed by atoms with Gasteiger partial charge in [0.15, 0.2) is 5.67 Å². The molecule has 1 N–H and O–H groups in total. The van der Waals surface area contributed by atoms with Crippen LogP contribution in [0.5, 0.6) is 11.6 Å². The first-order valence-electron chi connectivity index (χ1n) is 13.3. The van der Waals surface area contributed by atoms with Crippen LogP contribution in [0.1, 0.15) is 17.5 Å². The van der Waals surface area contributed by atoms with E-state index in [4.69, 9.17) is 19.4 Å². The number of pyridine rings is 2. The van der Waals surface area contributed by atoms with Gasteiger partial charge in [-0.1, -0.05) is 6.07 Å². The minimum absolute atomic E-state index is 0.0643. The quantitative estimate of drug-likeness (QED) is 0.356. The topological polar surface area (TPSA) is 117 Å². The molecule has 2 unspecified atom stereocenters. The fraction of sp³-hybridized carbons (Fsp3) is 0.393. The van der Waals surface area contributed by atoms with Crippen LogP contribution in [-0.4, -0.2) is 87.1 Å². The smallest absolute Gasteiger partial charge is 0.212 e. The summed E-state index contributed by atoms with van der Waals surface area (Å²) in [4.78, 5) is 18.6. The Bertz CT molecular complexity index is 1570. The van der Waals surface area contributed by atoms with Crippen molar-refractivity contribution in [3.63, 3.8) is 0 Å². The van der Waals surface area contributed by atoms with Crippen molar-refractivity contribution in [1.29, 1.82) is 5.26 Å². The highest BCUT2D eigenvalue weighted by Gasteiger charge is 2.44. The molecular weight excluding hydrogens is 513 g/mol. The normalized spacial score (nSPS) is 21.4. The first kappa shape index (κ1) is 24.7. The van der Waals surface area contributed by atoms with Gasteiger partial charge in [-0.2, -0.15) is 10.4 Å².